The first-order chi connectivity index (χ1) is 9.66. The number of tetrazole rings is 1. The molecule has 3 aromatic heterocycles. The molecule has 8 nitrogen and oxygen atoms in total. The molecule has 0 saturated heterocycles. The van der Waals surface area contributed by atoms with Crippen LogP contribution in [-0.4, -0.2) is 36.3 Å². The molecule has 0 aliphatic carbocycles. The summed E-state index contributed by atoms with van der Waals surface area (Å²) in [7, 11) is 0. The summed E-state index contributed by atoms with van der Waals surface area (Å²) in [5.74, 6) is 0.295. The molecule has 1 amide bonds. The van der Waals surface area contributed by atoms with Gasteiger partial charge in [-0.15, -0.1) is 16.4 Å². The summed E-state index contributed by atoms with van der Waals surface area (Å²) in [6.45, 7) is 3.79. The molecule has 20 heavy (non-hydrogen) atoms. The minimum atomic E-state index is -0.236. The maximum Gasteiger partial charge on any atom is 0.269 e. The Bertz CT molecular complexity index is 743. The quantitative estimate of drug-likeness (QED) is 0.757. The van der Waals surface area contributed by atoms with Gasteiger partial charge in [-0.25, -0.2) is 0 Å². The Balaban J connectivity index is 1.89. The van der Waals surface area contributed by atoms with Gasteiger partial charge in [0.2, 0.25) is 0 Å². The summed E-state index contributed by atoms with van der Waals surface area (Å²) in [4.78, 5) is 12.8. The predicted molar refractivity (Wildman–Crippen MR) is 73.0 cm³/mol. The van der Waals surface area contributed by atoms with Crippen molar-refractivity contribution in [3.05, 3.63) is 33.9 Å². The molecule has 0 aliphatic rings. The van der Waals surface area contributed by atoms with Crippen LogP contribution in [0.2, 0.25) is 0 Å². The smallest absolute Gasteiger partial charge is 0.269 e. The second-order valence-corrected chi connectivity index (χ2v) is 5.08. The SMILES string of the molecule is Cc1[nH]nc(NC(=O)c2sccc2-n2cnnn2)c1C. The molecule has 0 unspecified atom stereocenters. The summed E-state index contributed by atoms with van der Waals surface area (Å²) in [6.07, 6.45) is 1.45. The van der Waals surface area contributed by atoms with E-state index >= 15 is 0 Å². The van der Waals surface area contributed by atoms with E-state index in [1.165, 1.54) is 22.3 Å². The number of nitrogens with one attached hydrogen (secondary N) is 2. The zero-order valence-corrected chi connectivity index (χ0v) is 11.6. The van der Waals surface area contributed by atoms with Gasteiger partial charge in [-0.2, -0.15) is 9.78 Å². The molecule has 3 aromatic rings. The van der Waals surface area contributed by atoms with Gasteiger partial charge in [-0.05, 0) is 35.7 Å². The molecule has 0 spiro atoms. The molecular formula is C11H11N7OS. The number of aromatic amines is 1. The summed E-state index contributed by atoms with van der Waals surface area (Å²) < 4.78 is 1.45. The standard InChI is InChI=1S/C11H11N7OS/c1-6-7(2)14-15-10(6)13-11(19)9-8(3-4-20-9)18-5-12-16-17-18/h3-5H,1-2H3,(H2,13,14,15,19). The Morgan fingerprint density at radius 1 is 1.45 bits per heavy atom. The van der Waals surface area contributed by atoms with Crippen molar-refractivity contribution in [3.63, 3.8) is 0 Å². The normalized spacial score (nSPS) is 10.7. The number of rotatable bonds is 3. The van der Waals surface area contributed by atoms with Gasteiger partial charge >= 0.3 is 0 Å². The molecule has 9 heteroatoms. The first kappa shape index (κ1) is 12.5. The average Bonchev–Trinajstić information content (AvgIpc) is 3.14. The molecule has 2 N–H and O–H groups in total. The maximum atomic E-state index is 12.3. The highest BCUT2D eigenvalue weighted by atomic mass is 32.1. The first-order valence-corrected chi connectivity index (χ1v) is 6.68. The monoisotopic (exact) mass is 289 g/mol. The molecule has 0 bridgehead atoms. The van der Waals surface area contributed by atoms with Crippen LogP contribution in [0.15, 0.2) is 17.8 Å². The van der Waals surface area contributed by atoms with Crippen LogP contribution in [0.4, 0.5) is 5.82 Å². The highest BCUT2D eigenvalue weighted by Gasteiger charge is 2.17. The number of nitrogens with zero attached hydrogens (tertiary/aromatic N) is 5. The van der Waals surface area contributed by atoms with Gasteiger partial charge < -0.3 is 5.32 Å². The van der Waals surface area contributed by atoms with Crippen molar-refractivity contribution in [2.24, 2.45) is 0 Å². The Morgan fingerprint density at radius 3 is 2.95 bits per heavy atom. The van der Waals surface area contributed by atoms with Gasteiger partial charge in [0.1, 0.15) is 11.2 Å². The Morgan fingerprint density at radius 2 is 2.30 bits per heavy atom. The van der Waals surface area contributed by atoms with Crippen molar-refractivity contribution >= 4 is 23.1 Å². The van der Waals surface area contributed by atoms with Crippen molar-refractivity contribution in [3.8, 4) is 5.69 Å². The summed E-state index contributed by atoms with van der Waals surface area (Å²) in [6, 6.07) is 1.79. The van der Waals surface area contributed by atoms with E-state index < -0.39 is 0 Å². The van der Waals surface area contributed by atoms with E-state index in [-0.39, 0.29) is 5.91 Å². The summed E-state index contributed by atoms with van der Waals surface area (Å²) in [5.41, 5.74) is 2.48. The Labute approximate surface area is 117 Å². The second kappa shape index (κ2) is 4.85. The molecule has 0 fully saturated rings. The van der Waals surface area contributed by atoms with Gasteiger partial charge in [0.15, 0.2) is 5.82 Å². The molecule has 0 atom stereocenters. The fourth-order valence-electron chi connectivity index (χ4n) is 1.70. The number of aryl methyl sites for hydroxylation is 1. The lowest BCUT2D eigenvalue weighted by atomic mass is 10.3. The van der Waals surface area contributed by atoms with E-state index in [1.807, 2.05) is 19.2 Å². The van der Waals surface area contributed by atoms with E-state index in [9.17, 15) is 4.79 Å². The third-order valence-electron chi connectivity index (χ3n) is 2.93. The number of hydrogen-bond acceptors (Lipinski definition) is 6. The van der Waals surface area contributed by atoms with Gasteiger partial charge in [0.25, 0.3) is 5.91 Å². The molecule has 3 heterocycles. The molecule has 102 valence electrons. The van der Waals surface area contributed by atoms with Crippen molar-refractivity contribution in [1.82, 2.24) is 30.4 Å². The van der Waals surface area contributed by atoms with Crippen LogP contribution >= 0.6 is 11.3 Å². The van der Waals surface area contributed by atoms with E-state index in [0.29, 0.717) is 16.4 Å². The third-order valence-corrected chi connectivity index (χ3v) is 3.83. The van der Waals surface area contributed by atoms with E-state index in [2.05, 4.69) is 31.0 Å². The van der Waals surface area contributed by atoms with Crippen molar-refractivity contribution < 1.29 is 4.79 Å². The fourth-order valence-corrected chi connectivity index (χ4v) is 2.47. The van der Waals surface area contributed by atoms with Crippen LogP contribution in [-0.2, 0) is 0 Å². The van der Waals surface area contributed by atoms with Gasteiger partial charge in [-0.1, -0.05) is 0 Å². The zero-order valence-electron chi connectivity index (χ0n) is 10.8. The van der Waals surface area contributed by atoms with Gasteiger partial charge in [0, 0.05) is 11.3 Å². The van der Waals surface area contributed by atoms with E-state index in [0.717, 1.165) is 11.3 Å². The van der Waals surface area contributed by atoms with Crippen LogP contribution < -0.4 is 5.32 Å². The van der Waals surface area contributed by atoms with Crippen LogP contribution in [0, 0.1) is 13.8 Å². The number of carbonyl (C=O) groups is 1. The predicted octanol–water partition coefficient (Wildman–Crippen LogP) is 1.32. The molecular weight excluding hydrogens is 278 g/mol. The lowest BCUT2D eigenvalue weighted by Gasteiger charge is -2.03. The Hall–Kier alpha value is -2.55. The number of amides is 1. The number of hydrogen-bond donors (Lipinski definition) is 2. The van der Waals surface area contributed by atoms with Crippen LogP contribution in [0.3, 0.4) is 0 Å². The van der Waals surface area contributed by atoms with Crippen LogP contribution in [0.1, 0.15) is 20.9 Å². The summed E-state index contributed by atoms with van der Waals surface area (Å²) in [5, 5.41) is 22.4. The molecule has 0 saturated carbocycles. The van der Waals surface area contributed by atoms with E-state index in [4.69, 9.17) is 0 Å². The number of H-pyrrole nitrogens is 1. The minimum absolute atomic E-state index is 0.236. The first-order valence-electron chi connectivity index (χ1n) is 5.80. The maximum absolute atomic E-state index is 12.3. The molecule has 0 radical (unpaired) electrons. The zero-order chi connectivity index (χ0) is 14.1. The third kappa shape index (κ3) is 2.07. The lowest BCUT2D eigenvalue weighted by Crippen LogP contribution is -2.14. The van der Waals surface area contributed by atoms with Crippen molar-refractivity contribution in [2.75, 3.05) is 5.32 Å². The second-order valence-electron chi connectivity index (χ2n) is 4.17. The number of anilines is 1. The van der Waals surface area contributed by atoms with E-state index in [1.54, 1.807) is 6.07 Å². The van der Waals surface area contributed by atoms with Gasteiger partial charge in [0.05, 0.1) is 5.69 Å². The molecule has 0 aromatic carbocycles. The number of aromatic nitrogens is 6. The number of carbonyl (C=O) groups excluding carboxylic acids is 1. The highest BCUT2D eigenvalue weighted by Crippen LogP contribution is 2.22. The fraction of sp³-hybridized carbons (Fsp3) is 0.182. The molecule has 3 rings (SSSR count). The minimum Gasteiger partial charge on any atom is -0.304 e. The largest absolute Gasteiger partial charge is 0.304 e. The van der Waals surface area contributed by atoms with Crippen molar-refractivity contribution in [2.45, 2.75) is 13.8 Å². The van der Waals surface area contributed by atoms with Crippen molar-refractivity contribution in [1.29, 1.82) is 0 Å². The lowest BCUT2D eigenvalue weighted by molar-refractivity contribution is 0.103. The van der Waals surface area contributed by atoms with Gasteiger partial charge in [-0.3, -0.25) is 9.89 Å². The summed E-state index contributed by atoms with van der Waals surface area (Å²) >= 11 is 1.32. The van der Waals surface area contributed by atoms with Crippen LogP contribution in [0.25, 0.3) is 5.69 Å². The molecule has 0 aliphatic heterocycles. The topological polar surface area (TPSA) is 101 Å². The Kier molecular flexibility index (Phi) is 3.03. The average molecular weight is 289 g/mol. The van der Waals surface area contributed by atoms with Crippen LogP contribution in [0.5, 0.6) is 0 Å². The highest BCUT2D eigenvalue weighted by molar-refractivity contribution is 7.12. The number of thiophene rings is 1.